The number of aryl methyl sites for hydroxylation is 4. The van der Waals surface area contributed by atoms with E-state index in [0.29, 0.717) is 0 Å². The van der Waals surface area contributed by atoms with E-state index in [-0.39, 0.29) is 0 Å². The Kier molecular flexibility index (Phi) is 8.26. The Bertz CT molecular complexity index is 1720. The molecule has 2 aliphatic rings. The van der Waals surface area contributed by atoms with Crippen molar-refractivity contribution in [1.82, 2.24) is 19.9 Å². The van der Waals surface area contributed by atoms with Gasteiger partial charge in [-0.25, -0.2) is 9.97 Å². The normalized spacial score (nSPS) is 13.6. The van der Waals surface area contributed by atoms with Crippen LogP contribution in [0.15, 0.2) is 18.2 Å². The summed E-state index contributed by atoms with van der Waals surface area (Å²) in [6.07, 6.45) is 7.48. The fourth-order valence-corrected chi connectivity index (χ4v) is 7.22. The number of hydrogen-bond acceptors (Lipinski definition) is 3. The van der Waals surface area contributed by atoms with Crippen molar-refractivity contribution in [2.24, 2.45) is 0 Å². The molecule has 0 saturated heterocycles. The van der Waals surface area contributed by atoms with Crippen molar-refractivity contribution >= 4 is 50.0 Å². The van der Waals surface area contributed by atoms with Crippen molar-refractivity contribution in [3.63, 3.8) is 0 Å². The molecule has 0 atom stereocenters. The maximum absolute atomic E-state index is 7.09. The lowest BCUT2D eigenvalue weighted by Gasteiger charge is -2.06. The van der Waals surface area contributed by atoms with Crippen LogP contribution in [-0.2, 0) is 25.7 Å². The molecule has 5 heterocycles. The van der Waals surface area contributed by atoms with E-state index in [2.05, 4.69) is 83.6 Å². The van der Waals surface area contributed by atoms with Gasteiger partial charge in [0.2, 0.25) is 0 Å². The molecule has 0 amide bonds. The molecule has 8 bridgehead atoms. The van der Waals surface area contributed by atoms with Gasteiger partial charge in [-0.3, -0.25) is 0 Å². The molecule has 0 aromatic carbocycles. The number of nitrogens with zero attached hydrogens (tertiary/aromatic N) is 2. The van der Waals surface area contributed by atoms with Gasteiger partial charge in [-0.15, -0.1) is 0 Å². The first-order valence-electron chi connectivity index (χ1n) is 15.9. The molecule has 216 valence electrons. The minimum Gasteiger partial charge on any atom is -0.395 e. The van der Waals surface area contributed by atoms with Crippen LogP contribution in [0, 0.1) is 0 Å². The smallest absolute Gasteiger partial charge is 0.0923 e. The zero-order chi connectivity index (χ0) is 29.4. The zero-order valence-electron chi connectivity index (χ0n) is 26.4. The quantitative estimate of drug-likeness (QED) is 0.261. The van der Waals surface area contributed by atoms with Gasteiger partial charge in [-0.05, 0) is 114 Å². The van der Waals surface area contributed by atoms with Gasteiger partial charge < -0.3 is 15.7 Å². The monoisotopic (exact) mass is 549 g/mol. The number of fused-ring (bicyclic) bond motifs is 8. The first-order chi connectivity index (χ1) is 19.9. The number of nitrogens with one attached hydrogen (secondary N) is 2. The maximum atomic E-state index is 7.09. The predicted octanol–water partition coefficient (Wildman–Crippen LogP) is 9.61. The van der Waals surface area contributed by atoms with Gasteiger partial charge >= 0.3 is 0 Å². The Morgan fingerprint density at radius 2 is 0.878 bits per heavy atom. The van der Waals surface area contributed by atoms with E-state index in [0.717, 1.165) is 96.4 Å². The maximum Gasteiger partial charge on any atom is 0.0923 e. The second-order valence-electron chi connectivity index (χ2n) is 11.1. The lowest BCUT2D eigenvalue weighted by molar-refractivity contribution is 1.07. The van der Waals surface area contributed by atoms with E-state index in [9.17, 15) is 0 Å². The molecule has 3 aromatic heterocycles. The third-order valence-electron chi connectivity index (χ3n) is 9.15. The summed E-state index contributed by atoms with van der Waals surface area (Å²) < 4.78 is 0. The summed E-state index contributed by atoms with van der Waals surface area (Å²) in [5, 5.41) is 0. The highest BCUT2D eigenvalue weighted by atomic mass is 14.8. The van der Waals surface area contributed by atoms with Crippen molar-refractivity contribution < 1.29 is 0 Å². The molecular formula is C36H47N5. The zero-order valence-corrected chi connectivity index (χ0v) is 26.4. The molecule has 0 spiro atoms. The SMILES string of the molecule is CCC1=C(CC)c2cc3[nH]c(c(N)c4nc(cc5[nH]c(cc1n2)c(CC)c5CC)C(CC)=C4CC)c(CC)c3CC. The summed E-state index contributed by atoms with van der Waals surface area (Å²) in [5.74, 6) is 0. The summed E-state index contributed by atoms with van der Waals surface area (Å²) in [7, 11) is 0. The van der Waals surface area contributed by atoms with Crippen LogP contribution in [0.3, 0.4) is 0 Å². The van der Waals surface area contributed by atoms with Gasteiger partial charge in [-0.2, -0.15) is 0 Å². The summed E-state index contributed by atoms with van der Waals surface area (Å²) >= 11 is 0. The first-order valence-corrected chi connectivity index (χ1v) is 15.9. The molecule has 3 aromatic rings. The molecule has 4 N–H and O–H groups in total. The van der Waals surface area contributed by atoms with Gasteiger partial charge in [-0.1, -0.05) is 55.4 Å². The van der Waals surface area contributed by atoms with Crippen LogP contribution >= 0.6 is 0 Å². The average molecular weight is 550 g/mol. The topological polar surface area (TPSA) is 83.4 Å². The van der Waals surface area contributed by atoms with Crippen molar-refractivity contribution in [2.45, 2.75) is 107 Å². The molecule has 0 unspecified atom stereocenters. The minimum atomic E-state index is 0.751. The van der Waals surface area contributed by atoms with Crippen LogP contribution in [0.5, 0.6) is 0 Å². The third kappa shape index (κ3) is 4.64. The molecule has 41 heavy (non-hydrogen) atoms. The van der Waals surface area contributed by atoms with E-state index >= 15 is 0 Å². The molecular weight excluding hydrogens is 502 g/mol. The number of aromatic nitrogens is 4. The fourth-order valence-electron chi connectivity index (χ4n) is 7.22. The van der Waals surface area contributed by atoms with Gasteiger partial charge in [0.05, 0.1) is 34.0 Å². The molecule has 5 nitrogen and oxygen atoms in total. The Hall–Kier alpha value is -3.60. The third-order valence-corrected chi connectivity index (χ3v) is 9.15. The van der Waals surface area contributed by atoms with Crippen molar-refractivity contribution in [3.05, 3.63) is 63.2 Å². The average Bonchev–Trinajstić information content (AvgIpc) is 3.71. The van der Waals surface area contributed by atoms with E-state index in [1.54, 1.807) is 0 Å². The largest absolute Gasteiger partial charge is 0.395 e. The molecule has 0 aliphatic carbocycles. The minimum absolute atomic E-state index is 0.751. The molecule has 5 heteroatoms. The summed E-state index contributed by atoms with van der Waals surface area (Å²) in [6.45, 7) is 17.9. The molecule has 0 saturated carbocycles. The van der Waals surface area contributed by atoms with Crippen LogP contribution < -0.4 is 5.73 Å². The molecule has 2 aliphatic heterocycles. The van der Waals surface area contributed by atoms with Gasteiger partial charge in [0.1, 0.15) is 0 Å². The van der Waals surface area contributed by atoms with Crippen LogP contribution in [0.4, 0.5) is 5.69 Å². The summed E-state index contributed by atoms with van der Waals surface area (Å²) in [4.78, 5) is 18.1. The van der Waals surface area contributed by atoms with Crippen LogP contribution in [-0.4, -0.2) is 19.9 Å². The highest BCUT2D eigenvalue weighted by Gasteiger charge is 2.23. The first kappa shape index (κ1) is 28.9. The summed E-state index contributed by atoms with van der Waals surface area (Å²) in [5.41, 5.74) is 27.0. The second-order valence-corrected chi connectivity index (χ2v) is 11.1. The number of rotatable bonds is 8. The van der Waals surface area contributed by atoms with Crippen molar-refractivity contribution in [1.29, 1.82) is 0 Å². The predicted molar refractivity (Wildman–Crippen MR) is 178 cm³/mol. The van der Waals surface area contributed by atoms with E-state index < -0.39 is 0 Å². The van der Waals surface area contributed by atoms with Crippen LogP contribution in [0.25, 0.3) is 44.4 Å². The lowest BCUT2D eigenvalue weighted by atomic mass is 9.98. The number of hydrogen-bond donors (Lipinski definition) is 3. The molecule has 0 radical (unpaired) electrons. The fraction of sp³-hybridized carbons (Fsp3) is 0.444. The van der Waals surface area contributed by atoms with Gasteiger partial charge in [0, 0.05) is 16.6 Å². The number of aromatic amines is 2. The summed E-state index contributed by atoms with van der Waals surface area (Å²) in [6, 6.07) is 6.83. The van der Waals surface area contributed by atoms with Crippen LogP contribution in [0.2, 0.25) is 0 Å². The van der Waals surface area contributed by atoms with E-state index in [4.69, 9.17) is 15.7 Å². The number of nitrogen functional groups attached to an aromatic ring is 1. The Balaban J connectivity index is 2.07. The highest BCUT2D eigenvalue weighted by molar-refractivity contribution is 5.99. The van der Waals surface area contributed by atoms with Crippen LogP contribution in [0.1, 0.15) is 126 Å². The molecule has 5 rings (SSSR count). The lowest BCUT2D eigenvalue weighted by Crippen LogP contribution is -1.95. The van der Waals surface area contributed by atoms with Crippen molar-refractivity contribution in [2.75, 3.05) is 5.73 Å². The van der Waals surface area contributed by atoms with E-state index in [1.165, 1.54) is 50.1 Å². The Morgan fingerprint density at radius 1 is 0.488 bits per heavy atom. The Labute approximate surface area is 245 Å². The Morgan fingerprint density at radius 3 is 1.32 bits per heavy atom. The second kappa shape index (κ2) is 11.7. The number of allylic oxidation sites excluding steroid dienone is 4. The van der Waals surface area contributed by atoms with E-state index in [1.807, 2.05) is 0 Å². The highest BCUT2D eigenvalue weighted by Crippen LogP contribution is 2.40. The van der Waals surface area contributed by atoms with Gasteiger partial charge in [0.15, 0.2) is 0 Å². The number of anilines is 1. The number of H-pyrrole nitrogens is 2. The number of nitrogens with two attached hydrogens (primary N) is 1. The standard InChI is InChI=1S/C36H47N5/c1-9-20-22(11-3)30-18-32-24(13-5)26(15-7)35(40-32)34(37)36-27(16-8)25(14-6)33(41-36)19-31-23(12-4)21(10-2)29(39-31)17-28(20)38-30/h17-19,38,41H,9-16,37H2,1-8H3. The molecule has 0 fully saturated rings. The van der Waals surface area contributed by atoms with Gasteiger partial charge in [0.25, 0.3) is 0 Å². The van der Waals surface area contributed by atoms with Crippen molar-refractivity contribution in [3.8, 4) is 0 Å².